The van der Waals surface area contributed by atoms with Crippen LogP contribution in [0.4, 0.5) is 5.00 Å². The van der Waals surface area contributed by atoms with Gasteiger partial charge in [-0.3, -0.25) is 9.59 Å². The largest absolute Gasteiger partial charge is 0.362 e. The Morgan fingerprint density at radius 3 is 3.00 bits per heavy atom. The Morgan fingerprint density at radius 1 is 1.27 bits per heavy atom. The number of fused-ring (bicyclic) bond motifs is 2. The van der Waals surface area contributed by atoms with E-state index in [1.165, 1.54) is 11.3 Å². The van der Waals surface area contributed by atoms with Gasteiger partial charge in [0, 0.05) is 35.4 Å². The molecule has 0 saturated carbocycles. The molecule has 30 heavy (non-hydrogen) atoms. The van der Waals surface area contributed by atoms with Gasteiger partial charge < -0.3 is 20.6 Å². The van der Waals surface area contributed by atoms with Gasteiger partial charge in [0.2, 0.25) is 0 Å². The number of benzene rings is 1. The number of aromatic nitrogens is 3. The van der Waals surface area contributed by atoms with Crippen molar-refractivity contribution in [1.29, 1.82) is 0 Å². The molecule has 1 aliphatic rings. The Bertz CT molecular complexity index is 1300. The van der Waals surface area contributed by atoms with Gasteiger partial charge in [-0.05, 0) is 42.5 Å². The number of nitrogens with zero attached hydrogens (tertiary/aromatic N) is 1. The number of aromatic amines is 2. The molecule has 0 bridgehead atoms. The van der Waals surface area contributed by atoms with Crippen molar-refractivity contribution in [2.24, 2.45) is 0 Å². The van der Waals surface area contributed by atoms with E-state index in [0.717, 1.165) is 28.1 Å². The molecule has 0 saturated heterocycles. The van der Waals surface area contributed by atoms with Crippen LogP contribution in [-0.2, 0) is 11.2 Å². The van der Waals surface area contributed by atoms with Gasteiger partial charge in [0.1, 0.15) is 10.8 Å². The van der Waals surface area contributed by atoms with Crippen molar-refractivity contribution < 1.29 is 9.59 Å². The van der Waals surface area contributed by atoms with E-state index in [2.05, 4.69) is 25.6 Å². The molecule has 9 heteroatoms. The lowest BCUT2D eigenvalue weighted by Crippen LogP contribution is -2.25. The van der Waals surface area contributed by atoms with Crippen LogP contribution < -0.4 is 10.6 Å². The van der Waals surface area contributed by atoms with Crippen LogP contribution in [0.1, 0.15) is 26.8 Å². The summed E-state index contributed by atoms with van der Waals surface area (Å²) < 4.78 is 0. The minimum Gasteiger partial charge on any atom is -0.362 e. The topological polar surface area (TPSA) is 103 Å². The van der Waals surface area contributed by atoms with E-state index in [0.29, 0.717) is 33.4 Å². The lowest BCUT2D eigenvalue weighted by atomic mass is 10.1. The molecule has 5 rings (SSSR count). The molecule has 0 radical (unpaired) electrons. The van der Waals surface area contributed by atoms with Gasteiger partial charge in [-0.1, -0.05) is 11.6 Å². The number of carbonyl (C=O) groups excluding carboxylic acids is 2. The van der Waals surface area contributed by atoms with Gasteiger partial charge in [-0.2, -0.15) is 0 Å². The summed E-state index contributed by atoms with van der Waals surface area (Å²) in [6.07, 6.45) is 4.14. The van der Waals surface area contributed by atoms with Crippen LogP contribution in [0, 0.1) is 0 Å². The summed E-state index contributed by atoms with van der Waals surface area (Å²) in [5.41, 5.74) is 3.84. The highest BCUT2D eigenvalue weighted by Gasteiger charge is 2.28. The van der Waals surface area contributed by atoms with E-state index >= 15 is 0 Å². The fourth-order valence-corrected chi connectivity index (χ4v) is 4.51. The lowest BCUT2D eigenvalue weighted by Gasteiger charge is -2.02. The maximum atomic E-state index is 12.6. The van der Waals surface area contributed by atoms with Crippen molar-refractivity contribution in [3.8, 4) is 0 Å². The highest BCUT2D eigenvalue weighted by atomic mass is 35.5. The molecule has 0 unspecified atom stereocenters. The molecule has 7 nitrogen and oxygen atoms in total. The third-order valence-electron chi connectivity index (χ3n) is 4.78. The third-order valence-corrected chi connectivity index (χ3v) is 6.06. The minimum absolute atomic E-state index is 0.164. The maximum Gasteiger partial charge on any atom is 0.261 e. The molecule has 0 fully saturated rings. The van der Waals surface area contributed by atoms with E-state index in [1.54, 1.807) is 24.4 Å². The molecule has 0 spiro atoms. The number of hydrogen-bond donors (Lipinski definition) is 4. The first-order valence-electron chi connectivity index (χ1n) is 9.30. The summed E-state index contributed by atoms with van der Waals surface area (Å²) in [6, 6.07) is 11.0. The second kappa shape index (κ2) is 7.47. The molecule has 4 aromatic rings. The van der Waals surface area contributed by atoms with Crippen LogP contribution >= 0.6 is 22.9 Å². The predicted octanol–water partition coefficient (Wildman–Crippen LogP) is 4.07. The monoisotopic (exact) mass is 437 g/mol. The van der Waals surface area contributed by atoms with Gasteiger partial charge in [0.25, 0.3) is 11.8 Å². The Kier molecular flexibility index (Phi) is 4.65. The molecule has 0 atom stereocenters. The quantitative estimate of drug-likeness (QED) is 0.354. The third kappa shape index (κ3) is 3.51. The summed E-state index contributed by atoms with van der Waals surface area (Å²) in [5.74, 6) is 0.439. The Balaban J connectivity index is 1.26. The van der Waals surface area contributed by atoms with E-state index < -0.39 is 0 Å². The summed E-state index contributed by atoms with van der Waals surface area (Å²) in [7, 11) is 0. The number of nitrogens with one attached hydrogen (secondary N) is 4. The molecule has 1 aliphatic heterocycles. The second-order valence-corrected chi connectivity index (χ2v) is 8.33. The zero-order chi connectivity index (χ0) is 20.7. The number of anilines is 1. The van der Waals surface area contributed by atoms with Crippen molar-refractivity contribution in [1.82, 2.24) is 20.3 Å². The predicted molar refractivity (Wildman–Crippen MR) is 119 cm³/mol. The van der Waals surface area contributed by atoms with Gasteiger partial charge in [-0.15, -0.1) is 11.3 Å². The van der Waals surface area contributed by atoms with Gasteiger partial charge in [-0.25, -0.2) is 4.98 Å². The fraction of sp³-hybridized carbons (Fsp3) is 0.0952. The highest BCUT2D eigenvalue weighted by Crippen LogP contribution is 2.39. The van der Waals surface area contributed by atoms with E-state index in [9.17, 15) is 9.59 Å². The van der Waals surface area contributed by atoms with Crippen LogP contribution in [-0.4, -0.2) is 33.3 Å². The normalized spacial score (nSPS) is 14.3. The summed E-state index contributed by atoms with van der Waals surface area (Å²) in [4.78, 5) is 36.1. The van der Waals surface area contributed by atoms with Gasteiger partial charge in [0.05, 0.1) is 21.5 Å². The van der Waals surface area contributed by atoms with E-state index in [-0.39, 0.29) is 11.8 Å². The number of rotatable bonds is 5. The Hall–Kier alpha value is -3.36. The molecule has 1 aromatic carbocycles. The Morgan fingerprint density at radius 2 is 2.17 bits per heavy atom. The zero-order valence-corrected chi connectivity index (χ0v) is 17.2. The minimum atomic E-state index is -0.179. The molecule has 150 valence electrons. The second-order valence-electron chi connectivity index (χ2n) is 6.84. The van der Waals surface area contributed by atoms with Crippen molar-refractivity contribution in [2.45, 2.75) is 6.42 Å². The van der Waals surface area contributed by atoms with Crippen LogP contribution in [0.25, 0.3) is 22.7 Å². The summed E-state index contributed by atoms with van der Waals surface area (Å²) in [6.45, 7) is 0.437. The molecule has 2 amide bonds. The van der Waals surface area contributed by atoms with Crippen LogP contribution in [0.2, 0.25) is 5.02 Å². The summed E-state index contributed by atoms with van der Waals surface area (Å²) >= 11 is 7.27. The number of amides is 2. The fourth-order valence-electron chi connectivity index (χ4n) is 3.36. The summed E-state index contributed by atoms with van der Waals surface area (Å²) in [5, 5.41) is 7.08. The van der Waals surface area contributed by atoms with Crippen LogP contribution in [0.5, 0.6) is 0 Å². The number of thiophene rings is 1. The highest BCUT2D eigenvalue weighted by molar-refractivity contribution is 7.18. The van der Waals surface area contributed by atoms with Crippen LogP contribution in [0.15, 0.2) is 42.6 Å². The Labute approximate surface area is 180 Å². The smallest absolute Gasteiger partial charge is 0.261 e. The van der Waals surface area contributed by atoms with Gasteiger partial charge in [0.15, 0.2) is 0 Å². The van der Waals surface area contributed by atoms with Gasteiger partial charge >= 0.3 is 0 Å². The average molecular weight is 438 g/mol. The molecule has 0 aliphatic carbocycles. The first-order valence-corrected chi connectivity index (χ1v) is 10.5. The molecule has 3 aromatic heterocycles. The SMILES string of the molecule is O=C1Nc2sc(C(=O)NCCc3nc4ccc(Cl)cc4[nH]3)cc2C1=Cc1ccc[nH]1. The molecule has 4 heterocycles. The van der Waals surface area contributed by atoms with E-state index in [4.69, 9.17) is 11.6 Å². The number of imidazole rings is 1. The number of hydrogen-bond acceptors (Lipinski definition) is 4. The van der Waals surface area contributed by atoms with Crippen molar-refractivity contribution in [3.63, 3.8) is 0 Å². The zero-order valence-electron chi connectivity index (χ0n) is 15.6. The van der Waals surface area contributed by atoms with E-state index in [1.807, 2.05) is 24.3 Å². The molecular formula is C21H16ClN5O2S. The molecule has 4 N–H and O–H groups in total. The number of carbonyl (C=O) groups is 2. The number of halogens is 1. The maximum absolute atomic E-state index is 12.6. The first kappa shape index (κ1) is 18.7. The standard InChI is InChI=1S/C21H16ClN5O2S/c22-11-3-4-15-16(8-11)26-18(25-15)5-7-24-20(29)17-10-14-13(9-12-2-1-6-23-12)19(28)27-21(14)30-17/h1-4,6,8-10,23H,5,7H2,(H,24,29)(H,25,26)(H,27,28). The van der Waals surface area contributed by atoms with Crippen molar-refractivity contribution in [2.75, 3.05) is 11.9 Å². The van der Waals surface area contributed by atoms with Crippen molar-refractivity contribution in [3.05, 3.63) is 69.6 Å². The van der Waals surface area contributed by atoms with Crippen molar-refractivity contribution >= 4 is 62.4 Å². The average Bonchev–Trinajstić information content (AvgIpc) is 3.48. The first-order chi connectivity index (χ1) is 14.6. The number of H-pyrrole nitrogens is 2. The lowest BCUT2D eigenvalue weighted by molar-refractivity contribution is -0.110. The molecular weight excluding hydrogens is 422 g/mol. The van der Waals surface area contributed by atoms with Crippen LogP contribution in [0.3, 0.4) is 0 Å².